The molecule has 1 aromatic carbocycles. The smallest absolute Gasteiger partial charge is 0.238 e. The Labute approximate surface area is 170 Å². The highest BCUT2D eigenvalue weighted by atomic mass is 35.5. The van der Waals surface area contributed by atoms with E-state index in [-0.39, 0.29) is 18.3 Å². The third-order valence-electron chi connectivity index (χ3n) is 6.80. The first-order valence-electron chi connectivity index (χ1n) is 11.0. The maximum atomic E-state index is 12.9. The molecule has 1 aliphatic heterocycles. The summed E-state index contributed by atoms with van der Waals surface area (Å²) in [6.07, 6.45) is 14.2. The van der Waals surface area contributed by atoms with Gasteiger partial charge in [-0.25, -0.2) is 0 Å². The number of carbonyl (C=O) groups excluding carboxylic acids is 1. The monoisotopic (exact) mass is 390 g/mol. The average Bonchev–Trinajstić information content (AvgIpc) is 3.37. The number of para-hydroxylation sites is 1. The molecule has 3 fully saturated rings. The van der Waals surface area contributed by atoms with Crippen LogP contribution in [-0.4, -0.2) is 30.4 Å². The molecule has 1 N–H and O–H groups in total. The quantitative estimate of drug-likeness (QED) is 0.684. The fourth-order valence-corrected chi connectivity index (χ4v) is 5.39. The van der Waals surface area contributed by atoms with Crippen LogP contribution >= 0.6 is 12.4 Å². The molecule has 0 unspecified atom stereocenters. The predicted molar refractivity (Wildman–Crippen MR) is 115 cm³/mol. The fraction of sp³-hybridized carbons (Fsp3) is 0.696. The Kier molecular flexibility index (Phi) is 7.60. The van der Waals surface area contributed by atoms with Crippen LogP contribution in [-0.2, 0) is 4.79 Å². The molecule has 27 heavy (non-hydrogen) atoms. The maximum absolute atomic E-state index is 12.9. The first kappa shape index (κ1) is 20.7. The van der Waals surface area contributed by atoms with E-state index < -0.39 is 0 Å². The third-order valence-corrected chi connectivity index (χ3v) is 6.80. The molecule has 0 aromatic heterocycles. The minimum atomic E-state index is 0. The normalized spacial score (nSPS) is 21.9. The van der Waals surface area contributed by atoms with Crippen LogP contribution in [0.1, 0.15) is 93.6 Å². The van der Waals surface area contributed by atoms with Crippen LogP contribution in [0.15, 0.2) is 18.2 Å². The van der Waals surface area contributed by atoms with Gasteiger partial charge in [-0.1, -0.05) is 50.3 Å². The van der Waals surface area contributed by atoms with Crippen LogP contribution < -0.4 is 5.32 Å². The highest BCUT2D eigenvalue weighted by Gasteiger charge is 2.27. The topological polar surface area (TPSA) is 32.3 Å². The second-order valence-electron chi connectivity index (χ2n) is 8.66. The van der Waals surface area contributed by atoms with E-state index in [9.17, 15) is 4.79 Å². The lowest BCUT2D eigenvalue weighted by Crippen LogP contribution is -2.37. The van der Waals surface area contributed by atoms with E-state index in [1.165, 1.54) is 87.4 Å². The minimum absolute atomic E-state index is 0. The van der Waals surface area contributed by atoms with Gasteiger partial charge in [0.2, 0.25) is 5.91 Å². The molecule has 0 radical (unpaired) electrons. The van der Waals surface area contributed by atoms with Gasteiger partial charge in [0.25, 0.3) is 0 Å². The van der Waals surface area contributed by atoms with Crippen molar-refractivity contribution in [2.24, 2.45) is 0 Å². The van der Waals surface area contributed by atoms with Crippen LogP contribution in [0.2, 0.25) is 0 Å². The Morgan fingerprint density at radius 3 is 1.89 bits per heavy atom. The number of rotatable bonds is 5. The Bertz CT molecular complexity index is 581. The van der Waals surface area contributed by atoms with E-state index >= 15 is 0 Å². The number of nitrogens with one attached hydrogen (secondary N) is 1. The van der Waals surface area contributed by atoms with Gasteiger partial charge in [-0.2, -0.15) is 0 Å². The van der Waals surface area contributed by atoms with Crippen LogP contribution in [0, 0.1) is 0 Å². The van der Waals surface area contributed by atoms with Gasteiger partial charge in [-0.05, 0) is 74.6 Å². The third kappa shape index (κ3) is 5.06. The summed E-state index contributed by atoms with van der Waals surface area (Å²) in [6.45, 7) is 2.71. The molecule has 3 aliphatic rings. The van der Waals surface area contributed by atoms with Crippen molar-refractivity contribution >= 4 is 24.0 Å². The summed E-state index contributed by atoms with van der Waals surface area (Å²) in [5, 5.41) is 3.40. The molecular weight excluding hydrogens is 356 g/mol. The summed E-state index contributed by atoms with van der Waals surface area (Å²) < 4.78 is 0. The van der Waals surface area contributed by atoms with Gasteiger partial charge in [-0.15, -0.1) is 12.4 Å². The summed E-state index contributed by atoms with van der Waals surface area (Å²) in [5.41, 5.74) is 4.02. The molecule has 150 valence electrons. The zero-order valence-corrected chi connectivity index (χ0v) is 17.4. The molecular formula is C23H35ClN2O. The number of piperidine rings is 1. The molecule has 0 bridgehead atoms. The highest BCUT2D eigenvalue weighted by Crippen LogP contribution is 2.44. The van der Waals surface area contributed by atoms with E-state index in [1.54, 1.807) is 0 Å². The van der Waals surface area contributed by atoms with Crippen molar-refractivity contribution in [1.29, 1.82) is 0 Å². The molecule has 1 heterocycles. The SMILES string of the molecule is Cl.O=C(CN1CCCCC1)Nc1c(C2CCCC2)cccc1C1CCCC1. The van der Waals surface area contributed by atoms with Crippen LogP contribution in [0.25, 0.3) is 0 Å². The molecule has 1 aromatic rings. The Balaban J connectivity index is 0.00000210. The summed E-state index contributed by atoms with van der Waals surface area (Å²) in [6, 6.07) is 6.80. The summed E-state index contributed by atoms with van der Waals surface area (Å²) in [7, 11) is 0. The number of hydrogen-bond donors (Lipinski definition) is 1. The van der Waals surface area contributed by atoms with Gasteiger partial charge in [0.1, 0.15) is 0 Å². The Morgan fingerprint density at radius 1 is 0.852 bits per heavy atom. The maximum Gasteiger partial charge on any atom is 0.238 e. The van der Waals surface area contributed by atoms with Crippen molar-refractivity contribution in [3.05, 3.63) is 29.3 Å². The average molecular weight is 391 g/mol. The second kappa shape index (κ2) is 9.93. The number of likely N-dealkylation sites (tertiary alicyclic amines) is 1. The Hall–Kier alpha value is -1.06. The van der Waals surface area contributed by atoms with Crippen LogP contribution in [0.4, 0.5) is 5.69 Å². The van der Waals surface area contributed by atoms with E-state index in [2.05, 4.69) is 28.4 Å². The van der Waals surface area contributed by atoms with Gasteiger partial charge in [0.15, 0.2) is 0 Å². The number of amides is 1. The fourth-order valence-electron chi connectivity index (χ4n) is 5.39. The van der Waals surface area contributed by atoms with Gasteiger partial charge in [-0.3, -0.25) is 9.69 Å². The standard InChI is InChI=1S/C23H34N2O.ClH/c26-22(17-25-15-6-1-7-16-25)24-23-20(18-9-2-3-10-18)13-8-14-21(23)19-11-4-5-12-19;/h8,13-14,18-19H,1-7,9-12,15-17H2,(H,24,26);1H. The lowest BCUT2D eigenvalue weighted by molar-refractivity contribution is -0.117. The number of carbonyl (C=O) groups is 1. The molecule has 3 nitrogen and oxygen atoms in total. The van der Waals surface area contributed by atoms with Crippen LogP contribution in [0.3, 0.4) is 0 Å². The molecule has 4 rings (SSSR count). The number of halogens is 1. The van der Waals surface area contributed by atoms with Crippen molar-refractivity contribution in [3.8, 4) is 0 Å². The largest absolute Gasteiger partial charge is 0.324 e. The lowest BCUT2D eigenvalue weighted by atomic mass is 9.88. The number of nitrogens with zero attached hydrogens (tertiary/aromatic N) is 1. The second-order valence-corrected chi connectivity index (χ2v) is 8.66. The van der Waals surface area contributed by atoms with E-state index in [4.69, 9.17) is 0 Å². The van der Waals surface area contributed by atoms with Gasteiger partial charge >= 0.3 is 0 Å². The summed E-state index contributed by atoms with van der Waals surface area (Å²) in [4.78, 5) is 15.2. The zero-order valence-electron chi connectivity index (χ0n) is 16.5. The lowest BCUT2D eigenvalue weighted by Gasteiger charge is -2.27. The predicted octanol–water partition coefficient (Wildman–Crippen LogP) is 5.85. The van der Waals surface area contributed by atoms with Gasteiger partial charge in [0, 0.05) is 5.69 Å². The molecule has 1 saturated heterocycles. The van der Waals surface area contributed by atoms with Crippen molar-refractivity contribution < 1.29 is 4.79 Å². The van der Waals surface area contributed by atoms with Crippen molar-refractivity contribution in [2.75, 3.05) is 25.0 Å². The number of hydrogen-bond acceptors (Lipinski definition) is 2. The van der Waals surface area contributed by atoms with Gasteiger partial charge < -0.3 is 5.32 Å². The minimum Gasteiger partial charge on any atom is -0.324 e. The number of anilines is 1. The molecule has 2 saturated carbocycles. The highest BCUT2D eigenvalue weighted by molar-refractivity contribution is 5.94. The van der Waals surface area contributed by atoms with Crippen molar-refractivity contribution in [2.45, 2.75) is 82.5 Å². The Morgan fingerprint density at radius 2 is 1.37 bits per heavy atom. The van der Waals surface area contributed by atoms with Crippen molar-refractivity contribution in [3.63, 3.8) is 0 Å². The summed E-state index contributed by atoms with van der Waals surface area (Å²) >= 11 is 0. The van der Waals surface area contributed by atoms with Gasteiger partial charge in [0.05, 0.1) is 6.54 Å². The van der Waals surface area contributed by atoms with Crippen LogP contribution in [0.5, 0.6) is 0 Å². The van der Waals surface area contributed by atoms with Crippen molar-refractivity contribution in [1.82, 2.24) is 4.90 Å². The first-order chi connectivity index (χ1) is 12.8. The zero-order chi connectivity index (χ0) is 17.8. The molecule has 2 aliphatic carbocycles. The number of benzene rings is 1. The summed E-state index contributed by atoms with van der Waals surface area (Å²) in [5.74, 6) is 1.47. The molecule has 0 atom stereocenters. The van der Waals surface area contributed by atoms with E-state index in [0.717, 1.165) is 13.1 Å². The molecule has 0 spiro atoms. The molecule has 4 heteroatoms. The van der Waals surface area contributed by atoms with E-state index in [1.807, 2.05) is 0 Å². The van der Waals surface area contributed by atoms with E-state index in [0.29, 0.717) is 18.4 Å². The first-order valence-corrected chi connectivity index (χ1v) is 11.0. The molecule has 1 amide bonds.